The minimum Gasteiger partial charge on any atom is -0.493 e. The van der Waals surface area contributed by atoms with Crippen molar-refractivity contribution in [2.24, 2.45) is 0 Å². The number of benzene rings is 2. The molecule has 0 aliphatic heterocycles. The first-order valence-corrected chi connectivity index (χ1v) is 10.7. The van der Waals surface area contributed by atoms with Gasteiger partial charge in [0.05, 0.1) is 18.4 Å². The number of nitrogens with one attached hydrogen (secondary N) is 1. The zero-order valence-electron chi connectivity index (χ0n) is 16.1. The quantitative estimate of drug-likeness (QED) is 0.498. The van der Waals surface area contributed by atoms with Gasteiger partial charge in [0, 0.05) is 11.6 Å². The number of anilines is 1. The van der Waals surface area contributed by atoms with Gasteiger partial charge in [0.2, 0.25) is 5.91 Å². The standard InChI is InChI=1S/C20H17N3O6S/c1-27-15-5-3-4-13-11-16(28-18(13)15)19-22-23-20(29-19)21-17(24)10-12-6-8-14(9-7-12)30(2,25)26/h3-9,11H,10H2,1-2H3,(H,21,23,24). The number of para-hydroxylation sites is 1. The van der Waals surface area contributed by atoms with E-state index in [1.165, 1.54) is 12.1 Å². The van der Waals surface area contributed by atoms with E-state index in [2.05, 4.69) is 15.5 Å². The summed E-state index contributed by atoms with van der Waals surface area (Å²) < 4.78 is 39.5. The van der Waals surface area contributed by atoms with Crippen LogP contribution in [0.2, 0.25) is 0 Å². The molecule has 1 amide bonds. The van der Waals surface area contributed by atoms with Crippen LogP contribution < -0.4 is 10.1 Å². The number of methoxy groups -OCH3 is 1. The molecular formula is C20H17N3O6S. The van der Waals surface area contributed by atoms with E-state index in [-0.39, 0.29) is 29.1 Å². The number of furan rings is 1. The van der Waals surface area contributed by atoms with Crippen LogP contribution in [0.1, 0.15) is 5.56 Å². The number of sulfone groups is 1. The van der Waals surface area contributed by atoms with Gasteiger partial charge in [-0.25, -0.2) is 8.42 Å². The van der Waals surface area contributed by atoms with Gasteiger partial charge >= 0.3 is 6.01 Å². The maximum atomic E-state index is 12.2. The summed E-state index contributed by atoms with van der Waals surface area (Å²) in [6, 6.07) is 13.2. The molecule has 0 fully saturated rings. The summed E-state index contributed by atoms with van der Waals surface area (Å²) in [5, 5.41) is 11.0. The molecule has 154 valence electrons. The summed E-state index contributed by atoms with van der Waals surface area (Å²) in [6.07, 6.45) is 1.14. The van der Waals surface area contributed by atoms with Crippen molar-refractivity contribution in [3.8, 4) is 17.4 Å². The summed E-state index contributed by atoms with van der Waals surface area (Å²) in [7, 11) is -1.74. The fourth-order valence-electron chi connectivity index (χ4n) is 2.88. The SMILES string of the molecule is COc1cccc2cc(-c3nnc(NC(=O)Cc4ccc(S(C)(=O)=O)cc4)o3)oc12. The Labute approximate surface area is 171 Å². The lowest BCUT2D eigenvalue weighted by Crippen LogP contribution is -2.14. The second-order valence-corrected chi connectivity index (χ2v) is 8.56. The average molecular weight is 427 g/mol. The summed E-state index contributed by atoms with van der Waals surface area (Å²) in [4.78, 5) is 12.4. The smallest absolute Gasteiger partial charge is 0.322 e. The highest BCUT2D eigenvalue weighted by Crippen LogP contribution is 2.33. The summed E-state index contributed by atoms with van der Waals surface area (Å²) in [6.45, 7) is 0. The number of hydrogen-bond donors (Lipinski definition) is 1. The molecule has 9 nitrogen and oxygen atoms in total. The minimum absolute atomic E-state index is 0.0175. The van der Waals surface area contributed by atoms with Gasteiger partial charge in [-0.05, 0) is 29.8 Å². The van der Waals surface area contributed by atoms with Crippen LogP contribution in [0.25, 0.3) is 22.6 Å². The molecule has 4 rings (SSSR count). The summed E-state index contributed by atoms with van der Waals surface area (Å²) in [5.41, 5.74) is 1.19. The van der Waals surface area contributed by atoms with Crippen LogP contribution in [0, 0.1) is 0 Å². The number of amides is 1. The maximum absolute atomic E-state index is 12.2. The molecule has 0 spiro atoms. The van der Waals surface area contributed by atoms with Crippen molar-refractivity contribution in [1.82, 2.24) is 10.2 Å². The second kappa shape index (κ2) is 7.64. The van der Waals surface area contributed by atoms with E-state index in [1.807, 2.05) is 12.1 Å². The van der Waals surface area contributed by atoms with E-state index < -0.39 is 9.84 Å². The third-order valence-electron chi connectivity index (χ3n) is 4.33. The van der Waals surface area contributed by atoms with E-state index in [9.17, 15) is 13.2 Å². The number of carbonyl (C=O) groups is 1. The van der Waals surface area contributed by atoms with Crippen LogP contribution in [-0.4, -0.2) is 37.9 Å². The Kier molecular flexibility index (Phi) is 5.00. The molecule has 0 saturated heterocycles. The van der Waals surface area contributed by atoms with Crippen molar-refractivity contribution in [2.75, 3.05) is 18.7 Å². The lowest BCUT2D eigenvalue weighted by molar-refractivity contribution is -0.115. The predicted octanol–water partition coefficient (Wildman–Crippen LogP) is 3.08. The Morgan fingerprint density at radius 2 is 1.87 bits per heavy atom. The number of ether oxygens (including phenoxy) is 1. The van der Waals surface area contributed by atoms with Gasteiger partial charge in [0.25, 0.3) is 5.89 Å². The number of nitrogens with zero attached hydrogens (tertiary/aromatic N) is 2. The van der Waals surface area contributed by atoms with Crippen LogP contribution in [0.15, 0.2) is 62.3 Å². The van der Waals surface area contributed by atoms with Crippen molar-refractivity contribution in [3.63, 3.8) is 0 Å². The van der Waals surface area contributed by atoms with Crippen molar-refractivity contribution in [1.29, 1.82) is 0 Å². The molecule has 0 aliphatic rings. The molecule has 2 heterocycles. The van der Waals surface area contributed by atoms with Crippen molar-refractivity contribution in [3.05, 3.63) is 54.1 Å². The molecule has 0 atom stereocenters. The maximum Gasteiger partial charge on any atom is 0.322 e. The molecule has 30 heavy (non-hydrogen) atoms. The third-order valence-corrected chi connectivity index (χ3v) is 5.45. The normalized spacial score (nSPS) is 11.5. The molecule has 0 unspecified atom stereocenters. The van der Waals surface area contributed by atoms with Crippen LogP contribution in [0.5, 0.6) is 5.75 Å². The molecule has 1 N–H and O–H groups in total. The number of rotatable bonds is 6. The minimum atomic E-state index is -3.29. The van der Waals surface area contributed by atoms with Gasteiger partial charge in [-0.3, -0.25) is 10.1 Å². The number of hydrogen-bond acceptors (Lipinski definition) is 8. The summed E-state index contributed by atoms with van der Waals surface area (Å²) in [5.74, 6) is 0.650. The largest absolute Gasteiger partial charge is 0.493 e. The van der Waals surface area contributed by atoms with Gasteiger partial charge < -0.3 is 13.6 Å². The first-order valence-electron chi connectivity index (χ1n) is 8.83. The van der Waals surface area contributed by atoms with Gasteiger partial charge in [0.1, 0.15) is 0 Å². The van der Waals surface area contributed by atoms with Crippen LogP contribution in [-0.2, 0) is 21.1 Å². The van der Waals surface area contributed by atoms with E-state index in [1.54, 1.807) is 31.4 Å². The first-order chi connectivity index (χ1) is 14.3. The Hall–Kier alpha value is -3.66. The Morgan fingerprint density at radius 1 is 1.10 bits per heavy atom. The Balaban J connectivity index is 1.46. The molecule has 2 aromatic carbocycles. The molecule has 10 heteroatoms. The molecule has 0 radical (unpaired) electrons. The monoisotopic (exact) mass is 427 g/mol. The highest BCUT2D eigenvalue weighted by atomic mass is 32.2. The number of carbonyl (C=O) groups excluding carboxylic acids is 1. The highest BCUT2D eigenvalue weighted by Gasteiger charge is 2.17. The Bertz CT molecular complexity index is 1320. The molecule has 0 saturated carbocycles. The van der Waals surface area contributed by atoms with Gasteiger partial charge in [-0.1, -0.05) is 29.4 Å². The van der Waals surface area contributed by atoms with Gasteiger partial charge in [0.15, 0.2) is 26.9 Å². The van der Waals surface area contributed by atoms with Gasteiger partial charge in [-0.15, -0.1) is 5.10 Å². The van der Waals surface area contributed by atoms with Crippen molar-refractivity contribution >= 4 is 32.7 Å². The zero-order valence-corrected chi connectivity index (χ0v) is 16.9. The molecule has 0 aliphatic carbocycles. The molecule has 4 aromatic rings. The topological polar surface area (TPSA) is 125 Å². The Morgan fingerprint density at radius 3 is 2.57 bits per heavy atom. The molecule has 2 aromatic heterocycles. The molecule has 0 bridgehead atoms. The first kappa shape index (κ1) is 19.6. The lowest BCUT2D eigenvalue weighted by atomic mass is 10.1. The average Bonchev–Trinajstić information content (AvgIpc) is 3.34. The van der Waals surface area contributed by atoms with Gasteiger partial charge in [-0.2, -0.15) is 0 Å². The van der Waals surface area contributed by atoms with Crippen molar-refractivity contribution < 1.29 is 26.8 Å². The number of aromatic nitrogens is 2. The van der Waals surface area contributed by atoms with E-state index in [0.717, 1.165) is 11.6 Å². The van der Waals surface area contributed by atoms with Crippen LogP contribution in [0.3, 0.4) is 0 Å². The fourth-order valence-corrected chi connectivity index (χ4v) is 3.51. The van der Waals surface area contributed by atoms with Crippen LogP contribution in [0.4, 0.5) is 6.01 Å². The highest BCUT2D eigenvalue weighted by molar-refractivity contribution is 7.90. The van der Waals surface area contributed by atoms with E-state index in [0.29, 0.717) is 22.7 Å². The second-order valence-electron chi connectivity index (χ2n) is 6.54. The van der Waals surface area contributed by atoms with E-state index in [4.69, 9.17) is 13.6 Å². The lowest BCUT2D eigenvalue weighted by Gasteiger charge is -2.03. The van der Waals surface area contributed by atoms with Crippen LogP contribution >= 0.6 is 0 Å². The third kappa shape index (κ3) is 4.03. The summed E-state index contributed by atoms with van der Waals surface area (Å²) >= 11 is 0. The zero-order chi connectivity index (χ0) is 21.3. The number of fused-ring (bicyclic) bond motifs is 1. The van der Waals surface area contributed by atoms with Crippen molar-refractivity contribution in [2.45, 2.75) is 11.3 Å². The predicted molar refractivity (Wildman–Crippen MR) is 108 cm³/mol. The van der Waals surface area contributed by atoms with E-state index >= 15 is 0 Å². The fraction of sp³-hybridized carbons (Fsp3) is 0.150. The molecular weight excluding hydrogens is 410 g/mol.